The van der Waals surface area contributed by atoms with Crippen molar-refractivity contribution in [3.8, 4) is 0 Å². The molecule has 1 atom stereocenters. The summed E-state index contributed by atoms with van der Waals surface area (Å²) in [6, 6.07) is 0. The standard InChI is InChI=1S/C13H22N2O2/c1-8(2)10(12(16)17-6)11-14-7-9(15-11)13(3,4)5/h7-8,10H,1-6H3,(H,14,15). The molecule has 1 aromatic rings. The molecule has 0 bridgehead atoms. The number of aromatic nitrogens is 2. The lowest BCUT2D eigenvalue weighted by atomic mass is 9.92. The van der Waals surface area contributed by atoms with E-state index < -0.39 is 0 Å². The normalized spacial score (nSPS) is 13.8. The fraction of sp³-hybridized carbons (Fsp3) is 0.692. The van der Waals surface area contributed by atoms with Crippen LogP contribution < -0.4 is 0 Å². The third-order valence-corrected chi connectivity index (χ3v) is 2.82. The Bertz CT molecular complexity index is 388. The van der Waals surface area contributed by atoms with Crippen LogP contribution in [-0.4, -0.2) is 23.0 Å². The maximum Gasteiger partial charge on any atom is 0.316 e. The Balaban J connectivity index is 3.05. The lowest BCUT2D eigenvalue weighted by Gasteiger charge is -2.18. The second-order valence-electron chi connectivity index (χ2n) is 5.68. The van der Waals surface area contributed by atoms with E-state index in [1.54, 1.807) is 6.20 Å². The third-order valence-electron chi connectivity index (χ3n) is 2.82. The van der Waals surface area contributed by atoms with Gasteiger partial charge in [0.05, 0.1) is 7.11 Å². The molecule has 0 aliphatic carbocycles. The molecule has 1 N–H and O–H groups in total. The molecule has 1 unspecified atom stereocenters. The van der Waals surface area contributed by atoms with Gasteiger partial charge in [-0.1, -0.05) is 34.6 Å². The summed E-state index contributed by atoms with van der Waals surface area (Å²) in [4.78, 5) is 19.3. The summed E-state index contributed by atoms with van der Waals surface area (Å²) in [5.74, 6) is 0.282. The van der Waals surface area contributed by atoms with Gasteiger partial charge in [-0.3, -0.25) is 4.79 Å². The van der Waals surface area contributed by atoms with Crippen LogP contribution >= 0.6 is 0 Å². The summed E-state index contributed by atoms with van der Waals surface area (Å²) in [5.41, 5.74) is 1.03. The number of nitrogens with zero attached hydrogens (tertiary/aromatic N) is 1. The lowest BCUT2D eigenvalue weighted by Crippen LogP contribution is -2.21. The van der Waals surface area contributed by atoms with Crippen LogP contribution in [0.1, 0.15) is 52.1 Å². The Morgan fingerprint density at radius 3 is 2.35 bits per heavy atom. The minimum absolute atomic E-state index is 0.00288. The van der Waals surface area contributed by atoms with Crippen molar-refractivity contribution in [1.29, 1.82) is 0 Å². The molecule has 0 saturated carbocycles. The number of carbonyl (C=O) groups is 1. The van der Waals surface area contributed by atoms with Gasteiger partial charge in [-0.2, -0.15) is 0 Å². The van der Waals surface area contributed by atoms with E-state index >= 15 is 0 Å². The Morgan fingerprint density at radius 1 is 1.41 bits per heavy atom. The number of nitrogens with one attached hydrogen (secondary N) is 1. The second-order valence-corrected chi connectivity index (χ2v) is 5.68. The monoisotopic (exact) mass is 238 g/mol. The van der Waals surface area contributed by atoms with Crippen molar-refractivity contribution in [3.63, 3.8) is 0 Å². The predicted octanol–water partition coefficient (Wildman–Crippen LogP) is 2.62. The van der Waals surface area contributed by atoms with E-state index in [9.17, 15) is 4.79 Å². The fourth-order valence-electron chi connectivity index (χ4n) is 1.70. The first-order valence-electron chi connectivity index (χ1n) is 5.90. The molecule has 17 heavy (non-hydrogen) atoms. The molecule has 0 saturated heterocycles. The first kappa shape index (κ1) is 13.7. The average Bonchev–Trinajstić information content (AvgIpc) is 2.65. The van der Waals surface area contributed by atoms with Gasteiger partial charge < -0.3 is 9.72 Å². The number of rotatable bonds is 3. The minimum Gasteiger partial charge on any atom is -0.468 e. The molecule has 1 heterocycles. The van der Waals surface area contributed by atoms with Crippen LogP contribution in [0.2, 0.25) is 0 Å². The zero-order valence-electron chi connectivity index (χ0n) is 11.5. The Kier molecular flexibility index (Phi) is 3.96. The maximum absolute atomic E-state index is 11.7. The Morgan fingerprint density at radius 2 is 2.00 bits per heavy atom. The van der Waals surface area contributed by atoms with Crippen LogP contribution in [0.15, 0.2) is 6.20 Å². The van der Waals surface area contributed by atoms with Crippen LogP contribution in [0, 0.1) is 5.92 Å². The van der Waals surface area contributed by atoms with Gasteiger partial charge in [-0.15, -0.1) is 0 Å². The number of ether oxygens (including phenoxy) is 1. The number of imidazole rings is 1. The highest BCUT2D eigenvalue weighted by Crippen LogP contribution is 2.26. The fourth-order valence-corrected chi connectivity index (χ4v) is 1.70. The van der Waals surface area contributed by atoms with Crippen molar-refractivity contribution in [2.24, 2.45) is 5.92 Å². The quantitative estimate of drug-likeness (QED) is 0.823. The molecule has 0 aromatic carbocycles. The van der Waals surface area contributed by atoms with Gasteiger partial charge in [0, 0.05) is 17.3 Å². The largest absolute Gasteiger partial charge is 0.468 e. The van der Waals surface area contributed by atoms with Gasteiger partial charge >= 0.3 is 5.97 Å². The van der Waals surface area contributed by atoms with E-state index in [0.29, 0.717) is 5.82 Å². The Labute approximate surface area is 103 Å². The van der Waals surface area contributed by atoms with Gasteiger partial charge in [-0.25, -0.2) is 4.98 Å². The average molecular weight is 238 g/mol. The number of esters is 1. The molecule has 0 aliphatic rings. The summed E-state index contributed by atoms with van der Waals surface area (Å²) in [7, 11) is 1.41. The second kappa shape index (κ2) is 4.90. The van der Waals surface area contributed by atoms with Crippen molar-refractivity contribution >= 4 is 5.97 Å². The van der Waals surface area contributed by atoms with Gasteiger partial charge in [0.2, 0.25) is 0 Å². The molecule has 96 valence electrons. The number of hydrogen-bond acceptors (Lipinski definition) is 3. The molecular weight excluding hydrogens is 216 g/mol. The number of methoxy groups -OCH3 is 1. The van der Waals surface area contributed by atoms with Gasteiger partial charge in [-0.05, 0) is 5.92 Å². The molecule has 1 aromatic heterocycles. The smallest absolute Gasteiger partial charge is 0.316 e. The first-order chi connectivity index (χ1) is 7.77. The summed E-state index contributed by atoms with van der Waals surface area (Å²) in [6.45, 7) is 10.3. The molecule has 4 heteroatoms. The number of hydrogen-bond donors (Lipinski definition) is 1. The van der Waals surface area contributed by atoms with E-state index in [2.05, 4.69) is 30.7 Å². The van der Waals surface area contributed by atoms with Crippen molar-refractivity contribution in [3.05, 3.63) is 17.7 Å². The van der Waals surface area contributed by atoms with E-state index in [4.69, 9.17) is 4.74 Å². The number of carbonyl (C=O) groups excluding carboxylic acids is 1. The van der Waals surface area contributed by atoms with Crippen LogP contribution in [0.4, 0.5) is 0 Å². The van der Waals surface area contributed by atoms with Crippen LogP contribution in [-0.2, 0) is 14.9 Å². The van der Waals surface area contributed by atoms with Crippen molar-refractivity contribution < 1.29 is 9.53 Å². The van der Waals surface area contributed by atoms with Crippen molar-refractivity contribution in [2.45, 2.75) is 46.0 Å². The maximum atomic E-state index is 11.7. The summed E-state index contributed by atoms with van der Waals surface area (Å²) >= 11 is 0. The molecular formula is C13H22N2O2. The molecule has 0 radical (unpaired) electrons. The summed E-state index contributed by atoms with van der Waals surface area (Å²) < 4.78 is 4.82. The topological polar surface area (TPSA) is 55.0 Å². The van der Waals surface area contributed by atoms with Crippen LogP contribution in [0.5, 0.6) is 0 Å². The first-order valence-corrected chi connectivity index (χ1v) is 5.90. The molecule has 0 aliphatic heterocycles. The SMILES string of the molecule is COC(=O)C(c1ncc(C(C)(C)C)[nH]1)C(C)C. The number of aromatic amines is 1. The highest BCUT2D eigenvalue weighted by molar-refractivity contribution is 5.77. The molecule has 0 spiro atoms. The van der Waals surface area contributed by atoms with E-state index in [1.165, 1.54) is 7.11 Å². The molecule has 0 fully saturated rings. The van der Waals surface area contributed by atoms with Gasteiger partial charge in [0.25, 0.3) is 0 Å². The molecule has 1 rings (SSSR count). The molecule has 4 nitrogen and oxygen atoms in total. The van der Waals surface area contributed by atoms with Crippen molar-refractivity contribution in [1.82, 2.24) is 9.97 Å². The zero-order chi connectivity index (χ0) is 13.2. The van der Waals surface area contributed by atoms with Gasteiger partial charge in [0.1, 0.15) is 11.7 Å². The van der Waals surface area contributed by atoms with Crippen molar-refractivity contribution in [2.75, 3.05) is 7.11 Å². The van der Waals surface area contributed by atoms with E-state index in [-0.39, 0.29) is 23.2 Å². The number of H-pyrrole nitrogens is 1. The highest BCUT2D eigenvalue weighted by atomic mass is 16.5. The van der Waals surface area contributed by atoms with E-state index in [0.717, 1.165) is 5.69 Å². The van der Waals surface area contributed by atoms with Gasteiger partial charge in [0.15, 0.2) is 0 Å². The highest BCUT2D eigenvalue weighted by Gasteiger charge is 2.29. The summed E-state index contributed by atoms with van der Waals surface area (Å²) in [6.07, 6.45) is 1.80. The lowest BCUT2D eigenvalue weighted by molar-refractivity contribution is -0.143. The predicted molar refractivity (Wildman–Crippen MR) is 66.9 cm³/mol. The minimum atomic E-state index is -0.323. The van der Waals surface area contributed by atoms with Crippen LogP contribution in [0.3, 0.4) is 0 Å². The third kappa shape index (κ3) is 3.08. The zero-order valence-corrected chi connectivity index (χ0v) is 11.5. The van der Waals surface area contributed by atoms with Crippen LogP contribution in [0.25, 0.3) is 0 Å². The van der Waals surface area contributed by atoms with E-state index in [1.807, 2.05) is 13.8 Å². The summed E-state index contributed by atoms with van der Waals surface area (Å²) in [5, 5.41) is 0. The molecule has 0 amide bonds. The Hall–Kier alpha value is -1.32.